The Balaban J connectivity index is 3.29. The van der Waals surface area contributed by atoms with Crippen molar-refractivity contribution in [3.05, 3.63) is 34.2 Å². The molecule has 1 N–H and O–H groups in total. The van der Waals surface area contributed by atoms with E-state index < -0.39 is 5.56 Å². The van der Waals surface area contributed by atoms with Crippen molar-refractivity contribution in [1.82, 2.24) is 4.73 Å². The third-order valence-corrected chi connectivity index (χ3v) is 1.05. The summed E-state index contributed by atoms with van der Waals surface area (Å²) in [6.45, 7) is 0. The van der Waals surface area contributed by atoms with Crippen molar-refractivity contribution >= 4 is 6.29 Å². The Kier molecular flexibility index (Phi) is 1.53. The predicted octanol–water partition coefficient (Wildman–Crippen LogP) is -0.102. The van der Waals surface area contributed by atoms with Gasteiger partial charge in [-0.2, -0.15) is 4.73 Å². The molecule has 0 spiro atoms. The van der Waals surface area contributed by atoms with Crippen molar-refractivity contribution in [2.75, 3.05) is 0 Å². The van der Waals surface area contributed by atoms with Crippen molar-refractivity contribution in [3.8, 4) is 0 Å². The molecule has 0 atom stereocenters. The minimum atomic E-state index is -0.550. The van der Waals surface area contributed by atoms with Gasteiger partial charge in [0.05, 0.1) is 6.20 Å². The van der Waals surface area contributed by atoms with E-state index in [0.717, 1.165) is 12.3 Å². The van der Waals surface area contributed by atoms with Gasteiger partial charge in [0.15, 0.2) is 6.29 Å². The fourth-order valence-electron chi connectivity index (χ4n) is 0.561. The molecule has 10 heavy (non-hydrogen) atoms. The molecular formula is C6H5NO3. The molecule has 0 bridgehead atoms. The average Bonchev–Trinajstić information content (AvgIpc) is 1.95. The molecule has 0 aliphatic rings. The van der Waals surface area contributed by atoms with Crippen LogP contribution in [0, 0.1) is 0 Å². The molecule has 0 saturated heterocycles. The summed E-state index contributed by atoms with van der Waals surface area (Å²) < 4.78 is 0.365. The Bertz CT molecular complexity index is 302. The summed E-state index contributed by atoms with van der Waals surface area (Å²) in [5, 5.41) is 8.68. The molecular weight excluding hydrogens is 134 g/mol. The molecule has 4 nitrogen and oxygen atoms in total. The number of hydrogen-bond donors (Lipinski definition) is 1. The van der Waals surface area contributed by atoms with Crippen LogP contribution < -0.4 is 5.56 Å². The zero-order chi connectivity index (χ0) is 7.56. The Morgan fingerprint density at radius 2 is 2.20 bits per heavy atom. The Morgan fingerprint density at radius 1 is 1.50 bits per heavy atom. The van der Waals surface area contributed by atoms with E-state index in [1.165, 1.54) is 6.07 Å². The molecule has 1 rings (SSSR count). The average molecular weight is 139 g/mol. The number of aromatic nitrogens is 1. The van der Waals surface area contributed by atoms with E-state index in [4.69, 9.17) is 5.21 Å². The Hall–Kier alpha value is -1.58. The maximum atomic E-state index is 10.5. The third-order valence-electron chi connectivity index (χ3n) is 1.05. The van der Waals surface area contributed by atoms with Crippen molar-refractivity contribution in [2.24, 2.45) is 0 Å². The van der Waals surface area contributed by atoms with Gasteiger partial charge in [0.1, 0.15) is 0 Å². The highest BCUT2D eigenvalue weighted by atomic mass is 16.5. The van der Waals surface area contributed by atoms with Gasteiger partial charge in [0, 0.05) is 11.6 Å². The first-order valence-electron chi connectivity index (χ1n) is 2.61. The van der Waals surface area contributed by atoms with Gasteiger partial charge in [-0.1, -0.05) is 0 Å². The van der Waals surface area contributed by atoms with Crippen molar-refractivity contribution in [2.45, 2.75) is 0 Å². The number of hydrogen-bond acceptors (Lipinski definition) is 3. The summed E-state index contributed by atoms with van der Waals surface area (Å²) in [6.07, 6.45) is 1.60. The van der Waals surface area contributed by atoms with Crippen LogP contribution in [-0.2, 0) is 0 Å². The molecule has 1 aromatic rings. The second-order valence-corrected chi connectivity index (χ2v) is 1.76. The molecule has 1 aromatic heterocycles. The topological polar surface area (TPSA) is 59.3 Å². The highest BCUT2D eigenvalue weighted by Gasteiger charge is 1.92. The highest BCUT2D eigenvalue weighted by Crippen LogP contribution is 1.87. The van der Waals surface area contributed by atoms with E-state index in [0.29, 0.717) is 11.0 Å². The highest BCUT2D eigenvalue weighted by molar-refractivity contribution is 5.73. The lowest BCUT2D eigenvalue weighted by atomic mass is 10.3. The van der Waals surface area contributed by atoms with Crippen LogP contribution in [0.15, 0.2) is 23.1 Å². The van der Waals surface area contributed by atoms with Crippen LogP contribution in [-0.4, -0.2) is 16.2 Å². The predicted molar refractivity (Wildman–Crippen MR) is 33.3 cm³/mol. The van der Waals surface area contributed by atoms with Gasteiger partial charge in [-0.05, 0) is 6.07 Å². The number of nitrogens with zero attached hydrogens (tertiary/aromatic N) is 1. The second-order valence-electron chi connectivity index (χ2n) is 1.76. The molecule has 0 radical (unpaired) electrons. The maximum absolute atomic E-state index is 10.5. The van der Waals surface area contributed by atoms with Gasteiger partial charge in [-0.15, -0.1) is 0 Å². The van der Waals surface area contributed by atoms with Gasteiger partial charge in [-0.3, -0.25) is 9.59 Å². The molecule has 52 valence electrons. The van der Waals surface area contributed by atoms with Crippen LogP contribution in [0.1, 0.15) is 10.4 Å². The van der Waals surface area contributed by atoms with Gasteiger partial charge in [0.25, 0.3) is 5.56 Å². The third kappa shape index (κ3) is 1.05. The van der Waals surface area contributed by atoms with Gasteiger partial charge in [-0.25, -0.2) is 0 Å². The quantitative estimate of drug-likeness (QED) is 0.436. The van der Waals surface area contributed by atoms with Gasteiger partial charge < -0.3 is 5.21 Å². The Morgan fingerprint density at radius 3 is 2.70 bits per heavy atom. The fraction of sp³-hybridized carbons (Fsp3) is 0. The normalized spacial score (nSPS) is 9.20. The maximum Gasteiger partial charge on any atom is 0.282 e. The van der Waals surface area contributed by atoms with Crippen LogP contribution in [0.2, 0.25) is 0 Å². The first kappa shape index (κ1) is 6.54. The lowest BCUT2D eigenvalue weighted by Gasteiger charge is -1.92. The zero-order valence-electron chi connectivity index (χ0n) is 5.02. The number of rotatable bonds is 1. The number of carbonyl (C=O) groups is 1. The standard InChI is InChI=1S/C6H5NO3/c8-4-5-1-2-6(9)7(10)3-5/h1-4,10H. The SMILES string of the molecule is O=Cc1ccc(=O)n(O)c1. The van der Waals surface area contributed by atoms with Crippen molar-refractivity contribution in [1.29, 1.82) is 0 Å². The van der Waals surface area contributed by atoms with E-state index in [-0.39, 0.29) is 5.56 Å². The largest absolute Gasteiger partial charge is 0.425 e. The first-order valence-corrected chi connectivity index (χ1v) is 2.61. The lowest BCUT2D eigenvalue weighted by molar-refractivity contribution is 0.111. The summed E-state index contributed by atoms with van der Waals surface area (Å²) in [6, 6.07) is 2.45. The van der Waals surface area contributed by atoms with Crippen LogP contribution in [0.5, 0.6) is 0 Å². The summed E-state index contributed by atoms with van der Waals surface area (Å²) in [5.41, 5.74) is -0.285. The molecule has 0 fully saturated rings. The zero-order valence-corrected chi connectivity index (χ0v) is 5.02. The van der Waals surface area contributed by atoms with E-state index >= 15 is 0 Å². The number of aldehydes is 1. The molecule has 0 amide bonds. The summed E-state index contributed by atoms with van der Waals surface area (Å²) in [4.78, 5) is 20.5. The smallest absolute Gasteiger partial charge is 0.282 e. The van der Waals surface area contributed by atoms with E-state index in [9.17, 15) is 9.59 Å². The molecule has 4 heteroatoms. The van der Waals surface area contributed by atoms with E-state index in [2.05, 4.69) is 0 Å². The molecule has 0 aromatic carbocycles. The molecule has 0 aliphatic carbocycles. The minimum Gasteiger partial charge on any atom is -0.425 e. The summed E-state index contributed by atoms with van der Waals surface area (Å²) >= 11 is 0. The number of pyridine rings is 1. The molecule has 0 unspecified atom stereocenters. The van der Waals surface area contributed by atoms with Crippen LogP contribution in [0.25, 0.3) is 0 Å². The molecule has 0 aliphatic heterocycles. The van der Waals surface area contributed by atoms with Crippen molar-refractivity contribution < 1.29 is 10.0 Å². The fourth-order valence-corrected chi connectivity index (χ4v) is 0.561. The molecule has 1 heterocycles. The van der Waals surface area contributed by atoms with Crippen LogP contribution in [0.4, 0.5) is 0 Å². The minimum absolute atomic E-state index is 0.266. The van der Waals surface area contributed by atoms with Gasteiger partial charge >= 0.3 is 0 Å². The summed E-state index contributed by atoms with van der Waals surface area (Å²) in [5.74, 6) is 0. The summed E-state index contributed by atoms with van der Waals surface area (Å²) in [7, 11) is 0. The Labute approximate surface area is 56.3 Å². The van der Waals surface area contributed by atoms with Crippen molar-refractivity contribution in [3.63, 3.8) is 0 Å². The van der Waals surface area contributed by atoms with E-state index in [1.54, 1.807) is 0 Å². The van der Waals surface area contributed by atoms with Gasteiger partial charge in [0.2, 0.25) is 0 Å². The first-order chi connectivity index (χ1) is 4.74. The monoisotopic (exact) mass is 139 g/mol. The lowest BCUT2D eigenvalue weighted by Crippen LogP contribution is -2.15. The molecule has 0 saturated carbocycles. The number of carbonyl (C=O) groups excluding carboxylic acids is 1. The van der Waals surface area contributed by atoms with E-state index in [1.807, 2.05) is 0 Å². The van der Waals surface area contributed by atoms with Crippen LogP contribution in [0.3, 0.4) is 0 Å². The van der Waals surface area contributed by atoms with Crippen LogP contribution >= 0.6 is 0 Å². The second kappa shape index (κ2) is 2.34.